The van der Waals surface area contributed by atoms with Crippen molar-refractivity contribution in [3.8, 4) is 0 Å². The second-order valence-electron chi connectivity index (χ2n) is 4.90. The van der Waals surface area contributed by atoms with E-state index < -0.39 is 0 Å². The summed E-state index contributed by atoms with van der Waals surface area (Å²) >= 11 is 0. The molecule has 0 bridgehead atoms. The first-order chi connectivity index (χ1) is 8.50. The summed E-state index contributed by atoms with van der Waals surface area (Å²) in [5.41, 5.74) is 0.271. The topological polar surface area (TPSA) is 59.3 Å². The Morgan fingerprint density at radius 1 is 1.32 bits per heavy atom. The number of aromatic nitrogens is 2. The third-order valence-corrected chi connectivity index (χ3v) is 3.63. The van der Waals surface area contributed by atoms with Gasteiger partial charge >= 0.3 is 5.69 Å². The van der Waals surface area contributed by atoms with Gasteiger partial charge in [0, 0.05) is 58.1 Å². The van der Waals surface area contributed by atoms with Gasteiger partial charge in [0.1, 0.15) is 0 Å². The molecule has 1 saturated heterocycles. The van der Waals surface area contributed by atoms with Crippen LogP contribution in [0.25, 0.3) is 0 Å². The van der Waals surface area contributed by atoms with Crippen molar-refractivity contribution >= 4 is 12.4 Å². The van der Waals surface area contributed by atoms with Crippen molar-refractivity contribution in [1.82, 2.24) is 19.4 Å². The first-order valence-electron chi connectivity index (χ1n) is 6.21. The molecule has 0 amide bonds. The number of nitrogens with one attached hydrogen (secondary N) is 1. The fourth-order valence-electron chi connectivity index (χ4n) is 2.26. The van der Waals surface area contributed by atoms with Gasteiger partial charge in [-0.15, -0.1) is 12.4 Å². The normalized spacial score (nSPS) is 20.1. The summed E-state index contributed by atoms with van der Waals surface area (Å²) in [6, 6.07) is 1.97. The molecule has 1 aromatic heterocycles. The Balaban J connectivity index is 0.00000180. The van der Waals surface area contributed by atoms with Crippen molar-refractivity contribution in [2.45, 2.75) is 19.5 Å². The highest BCUT2D eigenvalue weighted by Crippen LogP contribution is 2.07. The summed E-state index contributed by atoms with van der Waals surface area (Å²) in [6.45, 7) is 5.61. The van der Waals surface area contributed by atoms with E-state index in [9.17, 15) is 9.59 Å². The van der Waals surface area contributed by atoms with Gasteiger partial charge in [0.25, 0.3) is 5.56 Å². The number of hydrogen-bond acceptors (Lipinski definition) is 4. The number of nitrogens with zero attached hydrogens (tertiary/aromatic N) is 3. The molecule has 0 aromatic carbocycles. The highest BCUT2D eigenvalue weighted by molar-refractivity contribution is 5.85. The first-order valence-corrected chi connectivity index (χ1v) is 6.21. The maximum Gasteiger partial charge on any atom is 0.330 e. The quantitative estimate of drug-likeness (QED) is 0.782. The number of halogens is 1. The summed E-state index contributed by atoms with van der Waals surface area (Å²) in [5, 5.41) is 3.32. The van der Waals surface area contributed by atoms with Crippen molar-refractivity contribution in [3.05, 3.63) is 32.6 Å². The lowest BCUT2D eigenvalue weighted by Gasteiger charge is -2.34. The van der Waals surface area contributed by atoms with Gasteiger partial charge in [0.05, 0.1) is 0 Å². The largest absolute Gasteiger partial charge is 0.330 e. The van der Waals surface area contributed by atoms with Gasteiger partial charge in [0.2, 0.25) is 0 Å². The van der Waals surface area contributed by atoms with Gasteiger partial charge < -0.3 is 5.32 Å². The molecule has 0 aliphatic carbocycles. The fourth-order valence-corrected chi connectivity index (χ4v) is 2.26. The third-order valence-electron chi connectivity index (χ3n) is 3.63. The molecule has 1 N–H and O–H groups in total. The molecule has 0 unspecified atom stereocenters. The molecular formula is C12H21ClN4O2. The Kier molecular flexibility index (Phi) is 5.34. The molecule has 2 heterocycles. The predicted octanol–water partition coefficient (Wildman–Crippen LogP) is -0.700. The van der Waals surface area contributed by atoms with Crippen LogP contribution in [0.1, 0.15) is 12.6 Å². The lowest BCUT2D eigenvalue weighted by Crippen LogP contribution is -2.50. The monoisotopic (exact) mass is 288 g/mol. The maximum atomic E-state index is 11.8. The van der Waals surface area contributed by atoms with E-state index in [4.69, 9.17) is 0 Å². The molecule has 1 atom stereocenters. The lowest BCUT2D eigenvalue weighted by atomic mass is 10.2. The lowest BCUT2D eigenvalue weighted by molar-refractivity contribution is 0.161. The van der Waals surface area contributed by atoms with E-state index in [1.165, 1.54) is 7.05 Å². The zero-order chi connectivity index (χ0) is 13.3. The minimum absolute atomic E-state index is 0. The Hall–Kier alpha value is -1.11. The predicted molar refractivity (Wildman–Crippen MR) is 76.9 cm³/mol. The zero-order valence-electron chi connectivity index (χ0n) is 11.5. The summed E-state index contributed by atoms with van der Waals surface area (Å²) < 4.78 is 2.68. The average Bonchev–Trinajstić information content (AvgIpc) is 2.36. The molecule has 6 nitrogen and oxygen atoms in total. The van der Waals surface area contributed by atoms with Gasteiger partial charge in [0.15, 0.2) is 0 Å². The van der Waals surface area contributed by atoms with E-state index in [2.05, 4.69) is 17.1 Å². The molecule has 1 aliphatic rings. The van der Waals surface area contributed by atoms with Crippen LogP contribution >= 0.6 is 12.4 Å². The van der Waals surface area contributed by atoms with Crippen molar-refractivity contribution in [2.75, 3.05) is 19.6 Å². The minimum atomic E-state index is -0.264. The van der Waals surface area contributed by atoms with Crippen molar-refractivity contribution in [2.24, 2.45) is 14.1 Å². The SMILES string of the molecule is C[C@@H]1CNCCN1Cc1cc(=O)n(C)c(=O)n1C.Cl. The molecule has 19 heavy (non-hydrogen) atoms. The van der Waals surface area contributed by atoms with E-state index in [0.29, 0.717) is 12.6 Å². The van der Waals surface area contributed by atoms with E-state index >= 15 is 0 Å². The van der Waals surface area contributed by atoms with Crippen LogP contribution < -0.4 is 16.6 Å². The fraction of sp³-hybridized carbons (Fsp3) is 0.667. The van der Waals surface area contributed by atoms with Crippen molar-refractivity contribution in [1.29, 1.82) is 0 Å². The van der Waals surface area contributed by atoms with Crippen LogP contribution in [0.15, 0.2) is 15.7 Å². The Morgan fingerprint density at radius 2 is 2.00 bits per heavy atom. The summed E-state index contributed by atoms with van der Waals surface area (Å²) in [7, 11) is 3.21. The van der Waals surface area contributed by atoms with Crippen LogP contribution in [-0.2, 0) is 20.6 Å². The molecule has 0 spiro atoms. The van der Waals surface area contributed by atoms with Crippen LogP contribution in [0.5, 0.6) is 0 Å². The summed E-state index contributed by atoms with van der Waals surface area (Å²) in [5.74, 6) is 0. The van der Waals surface area contributed by atoms with E-state index in [0.717, 1.165) is 29.9 Å². The molecule has 1 fully saturated rings. The molecule has 0 radical (unpaired) electrons. The van der Waals surface area contributed by atoms with Crippen LogP contribution in [0.4, 0.5) is 0 Å². The van der Waals surface area contributed by atoms with Gasteiger partial charge in [-0.3, -0.25) is 18.8 Å². The first kappa shape index (κ1) is 15.9. The second kappa shape index (κ2) is 6.36. The van der Waals surface area contributed by atoms with Crippen LogP contribution in [0.2, 0.25) is 0 Å². The van der Waals surface area contributed by atoms with Crippen LogP contribution in [-0.4, -0.2) is 39.7 Å². The van der Waals surface area contributed by atoms with Gasteiger partial charge in [-0.1, -0.05) is 0 Å². The third kappa shape index (κ3) is 3.26. The minimum Gasteiger partial charge on any atom is -0.314 e. The molecule has 0 saturated carbocycles. The highest BCUT2D eigenvalue weighted by Gasteiger charge is 2.19. The van der Waals surface area contributed by atoms with Crippen LogP contribution in [0, 0.1) is 0 Å². The number of piperazine rings is 1. The van der Waals surface area contributed by atoms with Gasteiger partial charge in [-0.25, -0.2) is 4.79 Å². The standard InChI is InChI=1S/C12H20N4O2.ClH/c1-9-7-13-4-5-16(9)8-10-6-11(17)15(3)12(18)14(10)2;/h6,9,13H,4-5,7-8H2,1-3H3;1H/t9-;/m1./s1. The van der Waals surface area contributed by atoms with Gasteiger partial charge in [-0.2, -0.15) is 0 Å². The second-order valence-corrected chi connectivity index (χ2v) is 4.90. The van der Waals surface area contributed by atoms with Crippen molar-refractivity contribution in [3.63, 3.8) is 0 Å². The smallest absolute Gasteiger partial charge is 0.314 e. The Morgan fingerprint density at radius 3 is 2.63 bits per heavy atom. The highest BCUT2D eigenvalue weighted by atomic mass is 35.5. The zero-order valence-corrected chi connectivity index (χ0v) is 12.4. The number of rotatable bonds is 2. The molecule has 1 aliphatic heterocycles. The van der Waals surface area contributed by atoms with E-state index in [-0.39, 0.29) is 23.7 Å². The average molecular weight is 289 g/mol. The number of hydrogen-bond donors (Lipinski definition) is 1. The van der Waals surface area contributed by atoms with E-state index in [1.807, 2.05) is 0 Å². The summed E-state index contributed by atoms with van der Waals surface area (Å²) in [6.07, 6.45) is 0. The van der Waals surface area contributed by atoms with E-state index in [1.54, 1.807) is 17.7 Å². The molecule has 1 aromatic rings. The van der Waals surface area contributed by atoms with Crippen LogP contribution in [0.3, 0.4) is 0 Å². The molecule has 108 valence electrons. The Labute approximate surface area is 118 Å². The Bertz CT molecular complexity index is 552. The molecular weight excluding hydrogens is 268 g/mol. The summed E-state index contributed by atoms with van der Waals surface area (Å²) in [4.78, 5) is 25.8. The maximum absolute atomic E-state index is 11.8. The molecule has 2 rings (SSSR count). The van der Waals surface area contributed by atoms with Gasteiger partial charge in [-0.05, 0) is 6.92 Å². The molecule has 7 heteroatoms. The van der Waals surface area contributed by atoms with Crippen molar-refractivity contribution < 1.29 is 0 Å².